The number of anilines is 1. The van der Waals surface area contributed by atoms with Gasteiger partial charge in [0.1, 0.15) is 5.15 Å². The van der Waals surface area contributed by atoms with Gasteiger partial charge in [0.05, 0.1) is 12.4 Å². The molecule has 0 N–H and O–H groups in total. The maximum absolute atomic E-state index is 12.2. The van der Waals surface area contributed by atoms with Gasteiger partial charge >= 0.3 is 0 Å². The quantitative estimate of drug-likeness (QED) is 0.510. The molecule has 0 saturated heterocycles. The van der Waals surface area contributed by atoms with Crippen molar-refractivity contribution in [3.05, 3.63) is 51.2 Å². The Morgan fingerprint density at radius 1 is 1.38 bits per heavy atom. The van der Waals surface area contributed by atoms with E-state index in [9.17, 15) is 4.79 Å². The van der Waals surface area contributed by atoms with Gasteiger partial charge in [-0.05, 0) is 24.8 Å². The monoisotopic (exact) mass is 364 g/mol. The molecule has 0 aliphatic carbocycles. The molecule has 24 heavy (non-hydrogen) atoms. The lowest BCUT2D eigenvalue weighted by Crippen LogP contribution is -2.21. The third-order valence-electron chi connectivity index (χ3n) is 3.58. The average molecular weight is 365 g/mol. The number of nitrogens with zero attached hydrogens (tertiary/aromatic N) is 6. The van der Waals surface area contributed by atoms with Crippen LogP contribution in [0.1, 0.15) is 11.3 Å². The molecule has 7 nitrogen and oxygen atoms in total. The zero-order valence-electron chi connectivity index (χ0n) is 13.6. The van der Waals surface area contributed by atoms with Gasteiger partial charge in [0.25, 0.3) is 5.56 Å². The van der Waals surface area contributed by atoms with E-state index in [0.717, 1.165) is 17.1 Å². The molecular formula is C15H17ClN6OS. The summed E-state index contributed by atoms with van der Waals surface area (Å²) in [6.07, 6.45) is 3.72. The molecule has 0 amide bonds. The van der Waals surface area contributed by atoms with Gasteiger partial charge in [-0.2, -0.15) is 9.50 Å². The number of fused-ring (bicyclic) bond motifs is 1. The molecule has 0 saturated carbocycles. The van der Waals surface area contributed by atoms with Crippen molar-refractivity contribution in [2.24, 2.45) is 0 Å². The van der Waals surface area contributed by atoms with Crippen molar-refractivity contribution in [2.75, 3.05) is 24.1 Å². The number of hydrogen-bond donors (Lipinski definition) is 0. The highest BCUT2D eigenvalue weighted by Gasteiger charge is 2.15. The first-order chi connectivity index (χ1) is 11.5. The van der Waals surface area contributed by atoms with Crippen LogP contribution in [-0.2, 0) is 6.54 Å². The summed E-state index contributed by atoms with van der Waals surface area (Å²) in [5.41, 5.74) is 1.59. The van der Waals surface area contributed by atoms with Crippen molar-refractivity contribution in [3.63, 3.8) is 0 Å². The van der Waals surface area contributed by atoms with Crippen LogP contribution in [-0.4, -0.2) is 43.3 Å². The van der Waals surface area contributed by atoms with Gasteiger partial charge in [0.2, 0.25) is 11.7 Å². The van der Waals surface area contributed by atoms with Gasteiger partial charge in [0.15, 0.2) is 0 Å². The van der Waals surface area contributed by atoms with Gasteiger partial charge in [-0.1, -0.05) is 17.7 Å². The Morgan fingerprint density at radius 3 is 2.83 bits per heavy atom. The summed E-state index contributed by atoms with van der Waals surface area (Å²) >= 11 is 7.50. The van der Waals surface area contributed by atoms with Crippen LogP contribution in [0.2, 0.25) is 5.15 Å². The van der Waals surface area contributed by atoms with E-state index >= 15 is 0 Å². The molecule has 0 aliphatic heterocycles. The molecule has 0 aromatic carbocycles. The fourth-order valence-corrected chi connectivity index (χ4v) is 3.00. The van der Waals surface area contributed by atoms with Crippen LogP contribution in [0.25, 0.3) is 5.78 Å². The SMILES string of the molecule is CSCN(C)c1nc2n(Cc3ccc(Cl)nc3)c(C)cc(=O)n2n1. The normalized spacial score (nSPS) is 11.2. The first-order valence-electron chi connectivity index (χ1n) is 7.27. The second-order valence-corrected chi connectivity index (χ2v) is 6.66. The zero-order chi connectivity index (χ0) is 17.3. The molecule has 0 spiro atoms. The maximum atomic E-state index is 12.2. The molecule has 126 valence electrons. The van der Waals surface area contributed by atoms with E-state index in [0.29, 0.717) is 23.4 Å². The molecule has 0 unspecified atom stereocenters. The highest BCUT2D eigenvalue weighted by molar-refractivity contribution is 7.98. The summed E-state index contributed by atoms with van der Waals surface area (Å²) in [6, 6.07) is 5.21. The average Bonchev–Trinajstić information content (AvgIpc) is 2.99. The molecule has 0 fully saturated rings. The van der Waals surface area contributed by atoms with E-state index in [-0.39, 0.29) is 5.56 Å². The van der Waals surface area contributed by atoms with Crippen LogP contribution in [0, 0.1) is 6.92 Å². The van der Waals surface area contributed by atoms with Gasteiger partial charge in [-0.25, -0.2) is 4.98 Å². The summed E-state index contributed by atoms with van der Waals surface area (Å²) in [4.78, 5) is 22.8. The number of aromatic nitrogens is 5. The van der Waals surface area contributed by atoms with Crippen LogP contribution in [0.5, 0.6) is 0 Å². The second kappa shape index (κ2) is 6.82. The summed E-state index contributed by atoms with van der Waals surface area (Å²) in [7, 11) is 1.90. The molecule has 0 aliphatic rings. The van der Waals surface area contributed by atoms with E-state index in [2.05, 4.69) is 15.1 Å². The lowest BCUT2D eigenvalue weighted by Gasteiger charge is -2.12. The highest BCUT2D eigenvalue weighted by Crippen LogP contribution is 2.14. The van der Waals surface area contributed by atoms with Crippen LogP contribution >= 0.6 is 23.4 Å². The van der Waals surface area contributed by atoms with Crippen molar-refractivity contribution in [2.45, 2.75) is 13.5 Å². The first kappa shape index (κ1) is 16.8. The number of halogens is 1. The molecule has 3 aromatic rings. The lowest BCUT2D eigenvalue weighted by atomic mass is 10.3. The lowest BCUT2D eigenvalue weighted by molar-refractivity contribution is 0.729. The van der Waals surface area contributed by atoms with Crippen molar-refractivity contribution in [3.8, 4) is 0 Å². The summed E-state index contributed by atoms with van der Waals surface area (Å²) < 4.78 is 3.28. The summed E-state index contributed by atoms with van der Waals surface area (Å²) in [5.74, 6) is 1.78. The molecule has 0 bridgehead atoms. The molecule has 0 radical (unpaired) electrons. The molecule has 3 rings (SSSR count). The van der Waals surface area contributed by atoms with E-state index in [4.69, 9.17) is 11.6 Å². The van der Waals surface area contributed by atoms with Crippen molar-refractivity contribution >= 4 is 35.1 Å². The van der Waals surface area contributed by atoms with E-state index in [1.807, 2.05) is 35.8 Å². The molecule has 3 heterocycles. The predicted octanol–water partition coefficient (Wildman–Crippen LogP) is 2.05. The van der Waals surface area contributed by atoms with Gasteiger partial charge < -0.3 is 9.47 Å². The second-order valence-electron chi connectivity index (χ2n) is 5.44. The molecule has 3 aromatic heterocycles. The van der Waals surface area contributed by atoms with Gasteiger partial charge in [0, 0.05) is 25.0 Å². The maximum Gasteiger partial charge on any atom is 0.275 e. The minimum atomic E-state index is -0.190. The van der Waals surface area contributed by atoms with Crippen LogP contribution in [0.15, 0.2) is 29.2 Å². The predicted molar refractivity (Wildman–Crippen MR) is 97.1 cm³/mol. The molecule has 9 heteroatoms. The van der Waals surface area contributed by atoms with E-state index < -0.39 is 0 Å². The van der Waals surface area contributed by atoms with E-state index in [1.54, 1.807) is 30.1 Å². The Morgan fingerprint density at radius 2 is 2.17 bits per heavy atom. The largest absolute Gasteiger partial charge is 0.333 e. The van der Waals surface area contributed by atoms with E-state index in [1.165, 1.54) is 4.52 Å². The minimum Gasteiger partial charge on any atom is -0.333 e. The number of aryl methyl sites for hydroxylation is 1. The summed E-state index contributed by atoms with van der Waals surface area (Å²) in [6.45, 7) is 2.41. The van der Waals surface area contributed by atoms with Crippen LogP contribution in [0.4, 0.5) is 5.95 Å². The topological polar surface area (TPSA) is 68.3 Å². The number of rotatable bonds is 5. The minimum absolute atomic E-state index is 0.190. The smallest absolute Gasteiger partial charge is 0.275 e. The van der Waals surface area contributed by atoms with Gasteiger partial charge in [-0.3, -0.25) is 4.79 Å². The molecule has 0 atom stereocenters. The molecular weight excluding hydrogens is 348 g/mol. The Labute approximate surface area is 148 Å². The van der Waals surface area contributed by atoms with Crippen molar-refractivity contribution < 1.29 is 0 Å². The third kappa shape index (κ3) is 3.25. The standard InChI is InChI=1S/C15H17ClN6OS/c1-10-6-13(23)22-15(18-14(19-22)20(2)9-24-3)21(10)8-11-4-5-12(16)17-7-11/h4-7H,8-9H2,1-3H3. The Bertz CT molecular complexity index is 920. The first-order valence-corrected chi connectivity index (χ1v) is 9.04. The van der Waals surface area contributed by atoms with Crippen molar-refractivity contribution in [1.82, 2.24) is 24.1 Å². The van der Waals surface area contributed by atoms with Crippen LogP contribution < -0.4 is 10.5 Å². The highest BCUT2D eigenvalue weighted by atomic mass is 35.5. The van der Waals surface area contributed by atoms with Gasteiger partial charge in [-0.15, -0.1) is 16.9 Å². The fourth-order valence-electron chi connectivity index (χ4n) is 2.38. The Hall–Kier alpha value is -2.06. The Balaban J connectivity index is 2.09. The van der Waals surface area contributed by atoms with Crippen LogP contribution in [0.3, 0.4) is 0 Å². The third-order valence-corrected chi connectivity index (χ3v) is 4.45. The number of thioether (sulfide) groups is 1. The summed E-state index contributed by atoms with van der Waals surface area (Å²) in [5, 5.41) is 4.78. The number of pyridine rings is 1. The number of hydrogen-bond acceptors (Lipinski definition) is 6. The van der Waals surface area contributed by atoms with Crippen molar-refractivity contribution in [1.29, 1.82) is 0 Å². The fraction of sp³-hybridized carbons (Fsp3) is 0.333. The zero-order valence-corrected chi connectivity index (χ0v) is 15.2. The Kier molecular flexibility index (Phi) is 4.77.